The molecule has 0 saturated heterocycles. The summed E-state index contributed by atoms with van der Waals surface area (Å²) in [5.41, 5.74) is 7.08. The largest absolute Gasteiger partial charge is 0.354 e. The first-order valence-electron chi connectivity index (χ1n) is 8.88. The quantitative estimate of drug-likeness (QED) is 0.523. The summed E-state index contributed by atoms with van der Waals surface area (Å²) < 4.78 is 0. The van der Waals surface area contributed by atoms with Crippen LogP contribution in [0.4, 0.5) is 0 Å². The third-order valence-electron chi connectivity index (χ3n) is 5.50. The van der Waals surface area contributed by atoms with Crippen LogP contribution in [0.3, 0.4) is 0 Å². The van der Waals surface area contributed by atoms with Gasteiger partial charge >= 0.3 is 0 Å². The molecule has 0 aliphatic carbocycles. The van der Waals surface area contributed by atoms with Gasteiger partial charge in [-0.15, -0.1) is 0 Å². The number of fused-ring (bicyclic) bond motifs is 1. The van der Waals surface area contributed by atoms with E-state index in [1.54, 1.807) is 0 Å². The number of hydrogen-bond donors (Lipinski definition) is 0. The second-order valence-electron chi connectivity index (χ2n) is 7.14. The molecule has 3 aromatic rings. The van der Waals surface area contributed by atoms with E-state index in [0.29, 0.717) is 0 Å². The third-order valence-corrected chi connectivity index (χ3v) is 5.75. The van der Waals surface area contributed by atoms with Gasteiger partial charge in [0.25, 0.3) is 0 Å². The van der Waals surface area contributed by atoms with E-state index in [4.69, 9.17) is 11.6 Å². The Labute approximate surface area is 160 Å². The fourth-order valence-corrected chi connectivity index (χ4v) is 4.06. The van der Waals surface area contributed by atoms with Gasteiger partial charge in [-0.05, 0) is 42.7 Å². The van der Waals surface area contributed by atoms with E-state index >= 15 is 0 Å². The van der Waals surface area contributed by atoms with Crippen molar-refractivity contribution < 1.29 is 0 Å². The molecule has 0 aromatic heterocycles. The topological polar surface area (TPSA) is 3.24 Å². The zero-order valence-corrected chi connectivity index (χ0v) is 15.9. The van der Waals surface area contributed by atoms with Crippen LogP contribution in [0, 0.1) is 6.92 Å². The summed E-state index contributed by atoms with van der Waals surface area (Å²) >= 11 is 6.14. The van der Waals surface area contributed by atoms with E-state index in [9.17, 15) is 0 Å². The van der Waals surface area contributed by atoms with Gasteiger partial charge < -0.3 is 4.90 Å². The SMILES string of the molecule is C=C1c2ccccc2C(C)(c2ccc(Cl)cc2)N1Cc1ccc(C)cc1. The average molecular weight is 360 g/mol. The molecule has 4 rings (SSSR count). The lowest BCUT2D eigenvalue weighted by Gasteiger charge is -2.39. The van der Waals surface area contributed by atoms with Crippen LogP contribution >= 0.6 is 11.6 Å². The summed E-state index contributed by atoms with van der Waals surface area (Å²) in [5.74, 6) is 0. The molecule has 3 aromatic carbocycles. The molecule has 130 valence electrons. The molecular weight excluding hydrogens is 338 g/mol. The second-order valence-corrected chi connectivity index (χ2v) is 7.58. The first kappa shape index (κ1) is 16.9. The molecule has 2 heteroatoms. The van der Waals surface area contributed by atoms with Gasteiger partial charge in [0.05, 0.1) is 5.54 Å². The van der Waals surface area contributed by atoms with Crippen LogP contribution in [-0.2, 0) is 12.1 Å². The monoisotopic (exact) mass is 359 g/mol. The predicted molar refractivity (Wildman–Crippen MR) is 110 cm³/mol. The molecule has 1 aliphatic rings. The fraction of sp³-hybridized carbons (Fsp3) is 0.167. The van der Waals surface area contributed by atoms with Crippen LogP contribution < -0.4 is 0 Å². The summed E-state index contributed by atoms with van der Waals surface area (Å²) in [6.45, 7) is 9.64. The third kappa shape index (κ3) is 2.64. The predicted octanol–water partition coefficient (Wildman–Crippen LogP) is 6.40. The first-order valence-corrected chi connectivity index (χ1v) is 9.26. The highest BCUT2D eigenvalue weighted by molar-refractivity contribution is 6.30. The molecule has 0 amide bonds. The Hall–Kier alpha value is -2.51. The van der Waals surface area contributed by atoms with E-state index < -0.39 is 0 Å². The average Bonchev–Trinajstić information content (AvgIpc) is 2.87. The molecule has 0 N–H and O–H groups in total. The summed E-state index contributed by atoms with van der Waals surface area (Å²) in [7, 11) is 0. The standard InChI is InChI=1S/C24H22ClN/c1-17-8-10-19(11-9-17)16-26-18(2)22-6-4-5-7-23(22)24(26,3)20-12-14-21(25)15-13-20/h4-15H,2,16H2,1,3H3. The molecule has 0 spiro atoms. The van der Waals surface area contributed by atoms with Crippen molar-refractivity contribution >= 4 is 17.3 Å². The minimum Gasteiger partial charge on any atom is -0.354 e. The number of rotatable bonds is 3. The molecule has 26 heavy (non-hydrogen) atoms. The van der Waals surface area contributed by atoms with Crippen LogP contribution in [0.2, 0.25) is 5.02 Å². The molecule has 1 heterocycles. The van der Waals surface area contributed by atoms with Crippen molar-refractivity contribution in [2.45, 2.75) is 25.9 Å². The Morgan fingerprint density at radius 3 is 2.27 bits per heavy atom. The maximum absolute atomic E-state index is 6.14. The summed E-state index contributed by atoms with van der Waals surface area (Å²) in [6, 6.07) is 25.5. The lowest BCUT2D eigenvalue weighted by molar-refractivity contribution is 0.236. The zero-order chi connectivity index (χ0) is 18.3. The van der Waals surface area contributed by atoms with E-state index in [1.165, 1.54) is 27.8 Å². The summed E-state index contributed by atoms with van der Waals surface area (Å²) in [5, 5.41) is 0.757. The highest BCUT2D eigenvalue weighted by atomic mass is 35.5. The number of aryl methyl sites for hydroxylation is 1. The van der Waals surface area contributed by atoms with E-state index in [2.05, 4.69) is 86.0 Å². The van der Waals surface area contributed by atoms with Crippen LogP contribution in [-0.4, -0.2) is 4.90 Å². The molecule has 1 nitrogen and oxygen atoms in total. The van der Waals surface area contributed by atoms with Crippen molar-refractivity contribution in [2.24, 2.45) is 0 Å². The molecule has 1 aliphatic heterocycles. The van der Waals surface area contributed by atoms with Crippen molar-refractivity contribution in [3.63, 3.8) is 0 Å². The maximum atomic E-state index is 6.14. The molecule has 1 atom stereocenters. The van der Waals surface area contributed by atoms with Gasteiger partial charge in [-0.3, -0.25) is 0 Å². The minimum absolute atomic E-state index is 0.275. The smallest absolute Gasteiger partial charge is 0.0888 e. The van der Waals surface area contributed by atoms with Crippen LogP contribution in [0.1, 0.15) is 34.7 Å². The lowest BCUT2D eigenvalue weighted by atomic mass is 9.84. The Bertz CT molecular complexity index is 956. The van der Waals surface area contributed by atoms with Crippen LogP contribution in [0.25, 0.3) is 5.70 Å². The van der Waals surface area contributed by atoms with Gasteiger partial charge in [-0.1, -0.05) is 84.4 Å². The molecule has 0 radical (unpaired) electrons. The normalized spacial score (nSPS) is 18.9. The molecule has 0 fully saturated rings. The van der Waals surface area contributed by atoms with Crippen molar-refractivity contribution in [1.82, 2.24) is 4.90 Å². The van der Waals surface area contributed by atoms with Gasteiger partial charge in [-0.2, -0.15) is 0 Å². The molecule has 1 unspecified atom stereocenters. The van der Waals surface area contributed by atoms with Gasteiger partial charge in [0, 0.05) is 22.8 Å². The highest BCUT2D eigenvalue weighted by Gasteiger charge is 2.44. The first-order chi connectivity index (χ1) is 12.5. The van der Waals surface area contributed by atoms with Crippen LogP contribution in [0.5, 0.6) is 0 Å². The molecule has 0 saturated carbocycles. The van der Waals surface area contributed by atoms with Crippen LogP contribution in [0.15, 0.2) is 79.4 Å². The van der Waals surface area contributed by atoms with Gasteiger partial charge in [-0.25, -0.2) is 0 Å². The van der Waals surface area contributed by atoms with Gasteiger partial charge in [0.15, 0.2) is 0 Å². The second kappa shape index (κ2) is 6.34. The number of nitrogens with zero attached hydrogens (tertiary/aromatic N) is 1. The van der Waals surface area contributed by atoms with Crippen molar-refractivity contribution in [3.05, 3.63) is 112 Å². The Morgan fingerprint density at radius 1 is 0.923 bits per heavy atom. The van der Waals surface area contributed by atoms with E-state index in [-0.39, 0.29) is 5.54 Å². The van der Waals surface area contributed by atoms with Crippen molar-refractivity contribution in [1.29, 1.82) is 0 Å². The molecule has 0 bridgehead atoms. The van der Waals surface area contributed by atoms with Gasteiger partial charge in [0.1, 0.15) is 0 Å². The molecular formula is C24H22ClN. The van der Waals surface area contributed by atoms with E-state index in [1.807, 2.05) is 12.1 Å². The maximum Gasteiger partial charge on any atom is 0.0888 e. The van der Waals surface area contributed by atoms with E-state index in [0.717, 1.165) is 17.3 Å². The number of hydrogen-bond acceptors (Lipinski definition) is 1. The Kier molecular flexibility index (Phi) is 4.13. The fourth-order valence-electron chi connectivity index (χ4n) is 3.94. The van der Waals surface area contributed by atoms with Gasteiger partial charge in [0.2, 0.25) is 0 Å². The summed E-state index contributed by atoms with van der Waals surface area (Å²) in [4.78, 5) is 2.41. The summed E-state index contributed by atoms with van der Waals surface area (Å²) in [6.07, 6.45) is 0. The van der Waals surface area contributed by atoms with Crippen molar-refractivity contribution in [3.8, 4) is 0 Å². The zero-order valence-electron chi connectivity index (χ0n) is 15.2. The number of benzene rings is 3. The highest BCUT2D eigenvalue weighted by Crippen LogP contribution is 2.49. The van der Waals surface area contributed by atoms with Crippen molar-refractivity contribution in [2.75, 3.05) is 0 Å². The number of halogens is 1. The Balaban J connectivity index is 1.84. The Morgan fingerprint density at radius 2 is 1.58 bits per heavy atom. The minimum atomic E-state index is -0.275. The lowest BCUT2D eigenvalue weighted by Crippen LogP contribution is -2.38.